The Bertz CT molecular complexity index is 2650. The van der Waals surface area contributed by atoms with E-state index >= 15 is 0 Å². The third-order valence-corrected chi connectivity index (χ3v) is 11.3. The third-order valence-electron chi connectivity index (χ3n) is 10.2. The number of fused-ring (bicyclic) bond motifs is 4. The number of nitrogens with zero attached hydrogens (tertiary/aromatic N) is 2. The van der Waals surface area contributed by atoms with E-state index in [2.05, 4.69) is 105 Å². The van der Waals surface area contributed by atoms with Gasteiger partial charge in [0.15, 0.2) is 0 Å². The number of allylic oxidation sites excluding steroid dienone is 3. The van der Waals surface area contributed by atoms with Crippen LogP contribution in [0.2, 0.25) is 0 Å². The lowest BCUT2D eigenvalue weighted by Crippen LogP contribution is -2.12. The van der Waals surface area contributed by atoms with Gasteiger partial charge in [-0.15, -0.1) is 22.9 Å². The number of likely N-dealkylation sites (N-methyl/N-ethyl adjacent to an activating group) is 1. The van der Waals surface area contributed by atoms with Crippen molar-refractivity contribution in [2.24, 2.45) is 0 Å². The summed E-state index contributed by atoms with van der Waals surface area (Å²) in [5.74, 6) is 0.204. The summed E-state index contributed by atoms with van der Waals surface area (Å²) in [5, 5.41) is 16.0. The quantitative estimate of drug-likeness (QED) is 0.0876. The normalized spacial score (nSPS) is 11.7. The number of rotatable bonds is 6. The van der Waals surface area contributed by atoms with Gasteiger partial charge in [0, 0.05) is 65.2 Å². The number of aldehydes is 1. The molecular weight excluding hydrogens is 772 g/mol. The fourth-order valence-corrected chi connectivity index (χ4v) is 8.11. The topological polar surface area (TPSA) is 109 Å². The maximum atomic E-state index is 12.3. The molecule has 8 rings (SSSR count). The standard InChI is InChI=1S/C21H15N3O2S.C14H15NO.C14H18.CH3Cl/c22-16-6-2-14(3-7-16)20(26)23-17-8-4-15(5-9-17)21-24-18-10-1-13(12-25)11-19(18)27-21;1-9-4-3-5-11-13(16)8-12-10(14(9)11)6-7-15(12)2;1-6-11(4)13-9-7-8-12(5)14(13)10(2)3;1-2/h1-12H,22H2,(H,23,26);3-5,8,16H,6-7H2,1-2H3;6-9H,2H2,1,3-5H3;1H3/b;;11-6-;. The zero-order valence-corrected chi connectivity index (χ0v) is 36.3. The van der Waals surface area contributed by atoms with Gasteiger partial charge in [0.25, 0.3) is 5.91 Å². The number of nitrogens with two attached hydrogens (primary N) is 1. The number of aromatic nitrogens is 1. The molecule has 1 aliphatic heterocycles. The summed E-state index contributed by atoms with van der Waals surface area (Å²) in [7, 11) is 2.08. The number of phenolic OH excluding ortho intramolecular Hbond substituents is 1. The number of nitrogens with one attached hydrogen (secondary N) is 1. The van der Waals surface area contributed by atoms with Gasteiger partial charge in [-0.3, -0.25) is 9.59 Å². The molecule has 0 bridgehead atoms. The molecule has 0 spiro atoms. The predicted molar refractivity (Wildman–Crippen MR) is 254 cm³/mol. The Balaban J connectivity index is 0.000000177. The van der Waals surface area contributed by atoms with E-state index in [1.165, 1.54) is 62.2 Å². The number of phenols is 1. The van der Waals surface area contributed by atoms with E-state index in [1.54, 1.807) is 30.3 Å². The lowest BCUT2D eigenvalue weighted by atomic mass is 9.93. The molecule has 6 aromatic carbocycles. The second kappa shape index (κ2) is 20.0. The molecular formula is C50H51ClN4O3S. The average Bonchev–Trinajstić information content (AvgIpc) is 3.84. The number of alkyl halides is 1. The van der Waals surface area contributed by atoms with Crippen molar-refractivity contribution in [1.29, 1.82) is 0 Å². The molecule has 0 fully saturated rings. The van der Waals surface area contributed by atoms with Crippen LogP contribution in [0.15, 0.2) is 122 Å². The van der Waals surface area contributed by atoms with E-state index in [4.69, 9.17) is 5.73 Å². The highest BCUT2D eigenvalue weighted by Crippen LogP contribution is 2.40. The van der Waals surface area contributed by atoms with Gasteiger partial charge in [-0.25, -0.2) is 4.98 Å². The number of amides is 1. The lowest BCUT2D eigenvalue weighted by molar-refractivity contribution is 0.102. The molecule has 59 heavy (non-hydrogen) atoms. The van der Waals surface area contributed by atoms with Gasteiger partial charge in [0.2, 0.25) is 0 Å². The smallest absolute Gasteiger partial charge is 0.255 e. The van der Waals surface area contributed by atoms with Crippen LogP contribution in [0.5, 0.6) is 5.75 Å². The molecule has 0 unspecified atom stereocenters. The number of anilines is 3. The fourth-order valence-electron chi connectivity index (χ4n) is 7.09. The summed E-state index contributed by atoms with van der Waals surface area (Å²) in [6.07, 6.45) is 5.52. The first-order valence-electron chi connectivity index (χ1n) is 19.2. The van der Waals surface area contributed by atoms with Gasteiger partial charge >= 0.3 is 0 Å². The highest BCUT2D eigenvalue weighted by atomic mass is 35.5. The first-order chi connectivity index (χ1) is 28.4. The van der Waals surface area contributed by atoms with Gasteiger partial charge in [-0.1, -0.05) is 54.6 Å². The molecule has 1 aromatic heterocycles. The molecule has 7 nitrogen and oxygen atoms in total. The Morgan fingerprint density at radius 1 is 0.932 bits per heavy atom. The molecule has 302 valence electrons. The minimum atomic E-state index is -0.191. The number of carbonyl (C=O) groups is 2. The summed E-state index contributed by atoms with van der Waals surface area (Å²) < 4.78 is 0.968. The van der Waals surface area contributed by atoms with Gasteiger partial charge < -0.3 is 21.1 Å². The first-order valence-corrected chi connectivity index (χ1v) is 20.8. The summed E-state index contributed by atoms with van der Waals surface area (Å²) in [5.41, 5.74) is 20.1. The molecule has 4 N–H and O–H groups in total. The maximum absolute atomic E-state index is 12.3. The van der Waals surface area contributed by atoms with Crippen LogP contribution in [0, 0.1) is 13.8 Å². The largest absolute Gasteiger partial charge is 0.507 e. The van der Waals surface area contributed by atoms with Crippen LogP contribution >= 0.6 is 22.9 Å². The van der Waals surface area contributed by atoms with Crippen molar-refractivity contribution in [3.05, 3.63) is 161 Å². The lowest BCUT2D eigenvalue weighted by Gasteiger charge is -2.14. The zero-order valence-electron chi connectivity index (χ0n) is 34.7. The third kappa shape index (κ3) is 10.3. The van der Waals surface area contributed by atoms with Crippen molar-refractivity contribution < 1.29 is 14.7 Å². The van der Waals surface area contributed by atoms with Crippen LogP contribution in [-0.2, 0) is 6.42 Å². The molecule has 0 atom stereocenters. The Morgan fingerprint density at radius 2 is 1.61 bits per heavy atom. The minimum Gasteiger partial charge on any atom is -0.507 e. The number of thiazole rings is 1. The van der Waals surface area contributed by atoms with E-state index in [9.17, 15) is 14.7 Å². The van der Waals surface area contributed by atoms with E-state index in [-0.39, 0.29) is 5.91 Å². The number of hydrogen-bond acceptors (Lipinski definition) is 7. The zero-order chi connectivity index (χ0) is 42.8. The average molecular weight is 824 g/mol. The Hall–Kier alpha value is -6.22. The Kier molecular flexibility index (Phi) is 14.9. The van der Waals surface area contributed by atoms with Crippen LogP contribution in [-0.4, -0.2) is 42.3 Å². The number of carbonyl (C=O) groups excluding carboxylic acids is 2. The number of aromatic hydroxyl groups is 1. The van der Waals surface area contributed by atoms with E-state index in [0.29, 0.717) is 28.3 Å². The van der Waals surface area contributed by atoms with Gasteiger partial charge in [-0.05, 0) is 147 Å². The highest BCUT2D eigenvalue weighted by molar-refractivity contribution is 7.21. The highest BCUT2D eigenvalue weighted by Gasteiger charge is 2.21. The number of nitrogen functional groups attached to an aromatic ring is 1. The minimum absolute atomic E-state index is 0.191. The number of benzene rings is 6. The van der Waals surface area contributed by atoms with Crippen LogP contribution < -0.4 is 16.0 Å². The Morgan fingerprint density at radius 3 is 2.27 bits per heavy atom. The van der Waals surface area contributed by atoms with Crippen molar-refractivity contribution >= 4 is 84.3 Å². The number of hydrogen-bond donors (Lipinski definition) is 3. The van der Waals surface area contributed by atoms with Crippen LogP contribution in [0.1, 0.15) is 69.3 Å². The molecule has 1 aliphatic rings. The fraction of sp³-hybridized carbons (Fsp3) is 0.180. The molecule has 9 heteroatoms. The summed E-state index contributed by atoms with van der Waals surface area (Å²) in [4.78, 5) is 30.0. The second-order valence-electron chi connectivity index (χ2n) is 14.3. The van der Waals surface area contributed by atoms with Crippen molar-refractivity contribution in [3.63, 3.8) is 0 Å². The molecule has 0 radical (unpaired) electrons. The van der Waals surface area contributed by atoms with Crippen molar-refractivity contribution in [1.82, 2.24) is 4.98 Å². The molecule has 7 aromatic rings. The van der Waals surface area contributed by atoms with Crippen molar-refractivity contribution in [3.8, 4) is 16.3 Å². The van der Waals surface area contributed by atoms with Crippen LogP contribution in [0.4, 0.5) is 17.1 Å². The molecule has 0 saturated carbocycles. The molecule has 0 saturated heterocycles. The van der Waals surface area contributed by atoms with Crippen LogP contribution in [0.3, 0.4) is 0 Å². The predicted octanol–water partition coefficient (Wildman–Crippen LogP) is 12.8. The van der Waals surface area contributed by atoms with Crippen molar-refractivity contribution in [2.45, 2.75) is 41.0 Å². The summed E-state index contributed by atoms with van der Waals surface area (Å²) >= 11 is 6.17. The molecule has 2 heterocycles. The van der Waals surface area contributed by atoms with E-state index in [1.807, 2.05) is 54.6 Å². The second-order valence-corrected chi connectivity index (χ2v) is 15.4. The van der Waals surface area contributed by atoms with E-state index < -0.39 is 0 Å². The van der Waals surface area contributed by atoms with Gasteiger partial charge in [0.1, 0.15) is 17.0 Å². The SMILES string of the molecule is C=C(C)c1c(C)cccc1/C(C)=C\C.CCl.Cc1cccc2c(O)cc3c(c12)CCN3C.Nc1ccc(C(=O)Nc2ccc(-c3nc4ccc(C=O)cc4s3)cc2)cc1. The summed E-state index contributed by atoms with van der Waals surface area (Å²) in [6.45, 7) is 15.6. The number of halogens is 1. The summed E-state index contributed by atoms with van der Waals surface area (Å²) in [6, 6.07) is 34.1. The molecule has 1 amide bonds. The van der Waals surface area contributed by atoms with Gasteiger partial charge in [-0.2, -0.15) is 0 Å². The molecule has 0 aliphatic carbocycles. The number of aryl methyl sites for hydroxylation is 2. The monoisotopic (exact) mass is 822 g/mol. The van der Waals surface area contributed by atoms with E-state index in [0.717, 1.165) is 51.0 Å². The first kappa shape index (κ1) is 43.9. The van der Waals surface area contributed by atoms with Crippen molar-refractivity contribution in [2.75, 3.05) is 35.9 Å². The van der Waals surface area contributed by atoms with Gasteiger partial charge in [0.05, 0.1) is 10.2 Å². The Labute approximate surface area is 356 Å². The van der Waals surface area contributed by atoms with Crippen LogP contribution in [0.25, 0.3) is 42.7 Å². The maximum Gasteiger partial charge on any atom is 0.255 e.